The van der Waals surface area contributed by atoms with Crippen LogP contribution in [0.4, 0.5) is 4.39 Å². The van der Waals surface area contributed by atoms with E-state index in [-0.39, 0.29) is 12.2 Å². The van der Waals surface area contributed by atoms with E-state index in [2.05, 4.69) is 0 Å². The average Bonchev–Trinajstić information content (AvgIpc) is 2.12. The van der Waals surface area contributed by atoms with Crippen LogP contribution in [0, 0.1) is 19.7 Å². The summed E-state index contributed by atoms with van der Waals surface area (Å²) in [7, 11) is 0. The summed E-state index contributed by atoms with van der Waals surface area (Å²) in [5.41, 5.74) is 7.32. The van der Waals surface area contributed by atoms with Crippen molar-refractivity contribution in [2.24, 2.45) is 5.73 Å². The number of aryl methyl sites for hydroxylation is 2. The highest BCUT2D eigenvalue weighted by Crippen LogP contribution is 2.20. The molecular weight excluding hydrogens is 197 g/mol. The van der Waals surface area contributed by atoms with E-state index < -0.39 is 12.0 Å². The topological polar surface area (TPSA) is 63.3 Å². The van der Waals surface area contributed by atoms with Crippen LogP contribution in [0.1, 0.15) is 29.2 Å². The molecule has 0 bridgehead atoms. The first-order chi connectivity index (χ1) is 6.91. The maximum absolute atomic E-state index is 13.3. The number of halogens is 1. The molecule has 3 N–H and O–H groups in total. The van der Waals surface area contributed by atoms with Crippen LogP contribution < -0.4 is 5.73 Å². The fourth-order valence-corrected chi connectivity index (χ4v) is 1.50. The summed E-state index contributed by atoms with van der Waals surface area (Å²) in [5.74, 6) is -1.22. The highest BCUT2D eigenvalue weighted by Gasteiger charge is 2.13. The van der Waals surface area contributed by atoms with E-state index in [4.69, 9.17) is 10.8 Å². The Balaban J connectivity index is 3.00. The molecule has 4 heteroatoms. The molecule has 15 heavy (non-hydrogen) atoms. The van der Waals surface area contributed by atoms with Gasteiger partial charge in [0.1, 0.15) is 5.82 Å². The normalized spacial score (nSPS) is 12.5. The van der Waals surface area contributed by atoms with Gasteiger partial charge in [0.15, 0.2) is 0 Å². The van der Waals surface area contributed by atoms with Crippen molar-refractivity contribution < 1.29 is 14.3 Å². The second-order valence-electron chi connectivity index (χ2n) is 3.67. The van der Waals surface area contributed by atoms with Crippen LogP contribution in [-0.2, 0) is 4.79 Å². The van der Waals surface area contributed by atoms with E-state index in [9.17, 15) is 9.18 Å². The van der Waals surface area contributed by atoms with Gasteiger partial charge in [0.2, 0.25) is 0 Å². The number of carboxylic acid groups (broad SMARTS) is 1. The van der Waals surface area contributed by atoms with E-state index in [1.165, 1.54) is 0 Å². The molecule has 1 aromatic carbocycles. The van der Waals surface area contributed by atoms with Gasteiger partial charge in [-0.2, -0.15) is 0 Å². The zero-order valence-electron chi connectivity index (χ0n) is 8.75. The van der Waals surface area contributed by atoms with Crippen LogP contribution in [0.3, 0.4) is 0 Å². The largest absolute Gasteiger partial charge is 0.481 e. The summed E-state index contributed by atoms with van der Waals surface area (Å²) in [6.45, 7) is 3.28. The van der Waals surface area contributed by atoms with Crippen molar-refractivity contribution in [2.45, 2.75) is 26.3 Å². The standard InChI is InChI=1S/C11H14FNO2/c1-6-3-8(4-7(2)11(6)12)9(13)5-10(14)15/h3-4,9H,5,13H2,1-2H3,(H,14,15). The van der Waals surface area contributed by atoms with Gasteiger partial charge >= 0.3 is 5.97 Å². The number of carboxylic acids is 1. The summed E-state index contributed by atoms with van der Waals surface area (Å²) >= 11 is 0. The van der Waals surface area contributed by atoms with Crippen molar-refractivity contribution in [3.8, 4) is 0 Å². The first kappa shape index (κ1) is 11.7. The maximum atomic E-state index is 13.3. The first-order valence-electron chi connectivity index (χ1n) is 4.66. The first-order valence-corrected chi connectivity index (χ1v) is 4.66. The van der Waals surface area contributed by atoms with Crippen molar-refractivity contribution in [3.05, 3.63) is 34.6 Å². The molecule has 0 saturated carbocycles. The quantitative estimate of drug-likeness (QED) is 0.802. The van der Waals surface area contributed by atoms with E-state index in [1.54, 1.807) is 26.0 Å². The molecule has 0 fully saturated rings. The molecule has 0 radical (unpaired) electrons. The molecule has 1 unspecified atom stereocenters. The number of carbonyl (C=O) groups is 1. The molecule has 0 saturated heterocycles. The van der Waals surface area contributed by atoms with E-state index in [1.807, 2.05) is 0 Å². The molecule has 0 aliphatic carbocycles. The average molecular weight is 211 g/mol. The van der Waals surface area contributed by atoms with Gasteiger partial charge in [0, 0.05) is 6.04 Å². The maximum Gasteiger partial charge on any atom is 0.305 e. The van der Waals surface area contributed by atoms with Crippen LogP contribution in [0.5, 0.6) is 0 Å². The predicted octanol–water partition coefficient (Wildman–Crippen LogP) is 1.92. The van der Waals surface area contributed by atoms with Gasteiger partial charge in [-0.1, -0.05) is 12.1 Å². The van der Waals surface area contributed by atoms with Gasteiger partial charge in [0.05, 0.1) is 6.42 Å². The molecule has 3 nitrogen and oxygen atoms in total. The lowest BCUT2D eigenvalue weighted by molar-refractivity contribution is -0.137. The summed E-state index contributed by atoms with van der Waals surface area (Å²) in [6.07, 6.45) is -0.148. The van der Waals surface area contributed by atoms with Gasteiger partial charge in [-0.15, -0.1) is 0 Å². The van der Waals surface area contributed by atoms with Gasteiger partial charge in [-0.3, -0.25) is 4.79 Å². The third kappa shape index (κ3) is 2.76. The van der Waals surface area contributed by atoms with Crippen molar-refractivity contribution in [3.63, 3.8) is 0 Å². The lowest BCUT2D eigenvalue weighted by Crippen LogP contribution is -2.15. The van der Waals surface area contributed by atoms with E-state index in [0.29, 0.717) is 16.7 Å². The Morgan fingerprint density at radius 2 is 1.93 bits per heavy atom. The minimum Gasteiger partial charge on any atom is -0.481 e. The lowest BCUT2D eigenvalue weighted by atomic mass is 9.99. The second kappa shape index (κ2) is 4.40. The number of benzene rings is 1. The monoisotopic (exact) mass is 211 g/mol. The van der Waals surface area contributed by atoms with Crippen molar-refractivity contribution in [2.75, 3.05) is 0 Å². The Hall–Kier alpha value is -1.42. The fourth-order valence-electron chi connectivity index (χ4n) is 1.50. The Morgan fingerprint density at radius 3 is 2.33 bits per heavy atom. The van der Waals surface area contributed by atoms with E-state index >= 15 is 0 Å². The molecule has 82 valence electrons. The zero-order valence-corrected chi connectivity index (χ0v) is 8.75. The minimum atomic E-state index is -0.956. The summed E-state index contributed by atoms with van der Waals surface area (Å²) in [6, 6.07) is 2.60. The molecule has 0 heterocycles. The molecule has 1 atom stereocenters. The van der Waals surface area contributed by atoms with Crippen LogP contribution in [0.2, 0.25) is 0 Å². The van der Waals surface area contributed by atoms with Crippen molar-refractivity contribution >= 4 is 5.97 Å². The Kier molecular flexibility index (Phi) is 3.42. The van der Waals surface area contributed by atoms with Gasteiger partial charge in [0.25, 0.3) is 0 Å². The third-order valence-electron chi connectivity index (χ3n) is 2.28. The van der Waals surface area contributed by atoms with Crippen LogP contribution >= 0.6 is 0 Å². The number of nitrogens with two attached hydrogens (primary N) is 1. The molecule has 0 aromatic heterocycles. The number of aliphatic carboxylic acids is 1. The zero-order chi connectivity index (χ0) is 11.6. The van der Waals surface area contributed by atoms with Crippen molar-refractivity contribution in [1.29, 1.82) is 0 Å². The molecule has 0 amide bonds. The van der Waals surface area contributed by atoms with Crippen LogP contribution in [0.25, 0.3) is 0 Å². The molecule has 1 aromatic rings. The summed E-state index contributed by atoms with van der Waals surface area (Å²) in [4.78, 5) is 10.5. The van der Waals surface area contributed by atoms with Crippen molar-refractivity contribution in [1.82, 2.24) is 0 Å². The predicted molar refractivity (Wildman–Crippen MR) is 55.1 cm³/mol. The number of hydrogen-bond acceptors (Lipinski definition) is 2. The summed E-state index contributed by atoms with van der Waals surface area (Å²) < 4.78 is 13.3. The molecule has 0 spiro atoms. The van der Waals surface area contributed by atoms with Gasteiger partial charge in [-0.05, 0) is 30.5 Å². The fraction of sp³-hybridized carbons (Fsp3) is 0.364. The Bertz CT molecular complexity index is 367. The molecule has 0 aliphatic rings. The van der Waals surface area contributed by atoms with Crippen LogP contribution in [-0.4, -0.2) is 11.1 Å². The SMILES string of the molecule is Cc1cc(C(N)CC(=O)O)cc(C)c1F. The number of rotatable bonds is 3. The highest BCUT2D eigenvalue weighted by atomic mass is 19.1. The van der Waals surface area contributed by atoms with Gasteiger partial charge in [-0.25, -0.2) is 4.39 Å². The summed E-state index contributed by atoms with van der Waals surface area (Å²) in [5, 5.41) is 8.58. The molecule has 0 aliphatic heterocycles. The highest BCUT2D eigenvalue weighted by molar-refractivity contribution is 5.67. The number of hydrogen-bond donors (Lipinski definition) is 2. The molecule has 1 rings (SSSR count). The molecular formula is C11H14FNO2. The third-order valence-corrected chi connectivity index (χ3v) is 2.28. The minimum absolute atomic E-state index is 0.148. The van der Waals surface area contributed by atoms with Crippen LogP contribution in [0.15, 0.2) is 12.1 Å². The Labute approximate surface area is 87.7 Å². The Morgan fingerprint density at radius 1 is 1.47 bits per heavy atom. The smallest absolute Gasteiger partial charge is 0.305 e. The second-order valence-corrected chi connectivity index (χ2v) is 3.67. The van der Waals surface area contributed by atoms with Gasteiger partial charge < -0.3 is 10.8 Å². The lowest BCUT2D eigenvalue weighted by Gasteiger charge is -2.12. The van der Waals surface area contributed by atoms with E-state index in [0.717, 1.165) is 0 Å².